The van der Waals surface area contributed by atoms with Gasteiger partial charge in [-0.05, 0) is 90.0 Å². The number of halogens is 19. The number of alkyl halides is 17. The van der Waals surface area contributed by atoms with Crippen LogP contribution >= 0.6 is 10.3 Å². The average molecular weight is 843 g/mol. The molecule has 53 heavy (non-hydrogen) atoms. The normalized spacial score (nSPS) is 15.0. The van der Waals surface area contributed by atoms with Crippen molar-refractivity contribution in [2.75, 3.05) is 6.61 Å². The minimum absolute atomic E-state index is 0.0584. The first-order chi connectivity index (χ1) is 23.7. The van der Waals surface area contributed by atoms with E-state index in [0.717, 1.165) is 24.3 Å². The van der Waals surface area contributed by atoms with Gasteiger partial charge in [-0.25, -0.2) is 12.4 Å². The summed E-state index contributed by atoms with van der Waals surface area (Å²) in [4.78, 5) is -2.51. The minimum Gasteiger partial charge on any atom is -0.494 e. The van der Waals surface area contributed by atoms with Crippen LogP contribution in [0.5, 0.6) is 5.75 Å². The zero-order valence-corrected chi connectivity index (χ0v) is 26.9. The summed E-state index contributed by atoms with van der Waals surface area (Å²) < 4.78 is 301. The molecular weight excluding hydrogens is 825 g/mol. The lowest BCUT2D eigenvalue weighted by atomic mass is 9.91. The number of benzene rings is 3. The van der Waals surface area contributed by atoms with Gasteiger partial charge in [0, 0.05) is 14.7 Å². The van der Waals surface area contributed by atoms with Crippen LogP contribution < -0.4 is 4.74 Å². The molecule has 298 valence electrons. The molecule has 0 amide bonds. The van der Waals surface area contributed by atoms with Crippen LogP contribution in [0.2, 0.25) is 0 Å². The molecule has 0 N–H and O–H groups in total. The highest BCUT2D eigenvalue weighted by Crippen LogP contribution is 2.72. The van der Waals surface area contributed by atoms with Gasteiger partial charge in [0.25, 0.3) is 0 Å². The molecule has 0 aliphatic carbocycles. The largest absolute Gasteiger partial charge is 0.494 e. The Morgan fingerprint density at radius 2 is 0.774 bits per heavy atom. The van der Waals surface area contributed by atoms with Crippen molar-refractivity contribution in [3.8, 4) is 5.75 Å². The molecular formula is C28H17F19O4S2. The molecule has 0 radical (unpaired) electrons. The molecule has 0 unspecified atom stereocenters. The first kappa shape index (κ1) is 43.8. The van der Waals surface area contributed by atoms with E-state index in [-0.39, 0.29) is 12.4 Å². The van der Waals surface area contributed by atoms with E-state index >= 15 is 8.78 Å². The van der Waals surface area contributed by atoms with Crippen molar-refractivity contribution in [3.05, 3.63) is 84.4 Å². The highest BCUT2D eigenvalue weighted by atomic mass is 32.3. The second-order valence-corrected chi connectivity index (χ2v) is 14.8. The predicted molar refractivity (Wildman–Crippen MR) is 143 cm³/mol. The first-order valence-corrected chi connectivity index (χ1v) is 16.5. The van der Waals surface area contributed by atoms with Gasteiger partial charge in [-0.15, -0.1) is 0 Å². The van der Waals surface area contributed by atoms with Gasteiger partial charge in [0.2, 0.25) is 0 Å². The summed E-state index contributed by atoms with van der Waals surface area (Å²) in [5.41, 5.74) is 0. The van der Waals surface area contributed by atoms with Crippen molar-refractivity contribution < 1.29 is 100 Å². The topological polar surface area (TPSA) is 52.6 Å². The molecule has 0 aliphatic heterocycles. The summed E-state index contributed by atoms with van der Waals surface area (Å²) >= 11 is 0. The Kier molecular flexibility index (Phi) is 11.2. The highest BCUT2D eigenvalue weighted by molar-refractivity contribution is 8.33. The maximum absolute atomic E-state index is 15.3. The van der Waals surface area contributed by atoms with E-state index in [1.54, 1.807) is 0 Å². The van der Waals surface area contributed by atoms with Crippen LogP contribution in [0.4, 0.5) is 83.4 Å². The Balaban J connectivity index is 2.35. The van der Waals surface area contributed by atoms with Gasteiger partial charge in [0.15, 0.2) is 0 Å². The lowest BCUT2D eigenvalue weighted by Crippen LogP contribution is -2.75. The van der Waals surface area contributed by atoms with Gasteiger partial charge >= 0.3 is 57.1 Å². The van der Waals surface area contributed by atoms with E-state index in [4.69, 9.17) is 4.74 Å². The minimum atomic E-state index is -9.06. The zero-order valence-electron chi connectivity index (χ0n) is 25.3. The maximum atomic E-state index is 15.3. The molecule has 3 aromatic carbocycles. The van der Waals surface area contributed by atoms with Crippen LogP contribution in [-0.2, 0) is 13.7 Å². The van der Waals surface area contributed by atoms with Gasteiger partial charge in [0.05, 0.1) is 6.61 Å². The van der Waals surface area contributed by atoms with Gasteiger partial charge in [-0.1, -0.05) is 0 Å². The van der Waals surface area contributed by atoms with Crippen molar-refractivity contribution >= 4 is 20.4 Å². The lowest BCUT2D eigenvalue weighted by molar-refractivity contribution is -0.458. The fourth-order valence-electron chi connectivity index (χ4n) is 4.16. The monoisotopic (exact) mass is 842 g/mol. The lowest BCUT2D eigenvalue weighted by Gasteiger charge is -2.43. The SMILES string of the molecule is CCOc1ccc(S(OS(=O)(=O)C(F)(F)C(F)(F)C(F)(F)C(F)(F)C(F)(F)C(F)(F)C(F)(F)C(F)(F)F)(c2ccc(F)cc2)c2ccc(F)cc2)cc1. The molecule has 0 fully saturated rings. The van der Waals surface area contributed by atoms with E-state index < -0.39 is 93.7 Å². The summed E-state index contributed by atoms with van der Waals surface area (Å²) in [5.74, 6) is -55.4. The van der Waals surface area contributed by atoms with Crippen molar-refractivity contribution in [2.45, 2.75) is 68.6 Å². The Hall–Kier alpha value is -3.61. The van der Waals surface area contributed by atoms with Crippen LogP contribution in [-0.4, -0.2) is 62.0 Å². The van der Waals surface area contributed by atoms with Gasteiger partial charge in [0.1, 0.15) is 17.4 Å². The van der Waals surface area contributed by atoms with E-state index in [0.29, 0.717) is 48.5 Å². The summed E-state index contributed by atoms with van der Waals surface area (Å²) in [7, 11) is -13.1. The second kappa shape index (κ2) is 13.6. The van der Waals surface area contributed by atoms with Crippen LogP contribution in [0.25, 0.3) is 0 Å². The Labute approximate surface area is 286 Å². The molecule has 0 spiro atoms. The molecule has 25 heteroatoms. The zero-order chi connectivity index (χ0) is 41.1. The molecule has 0 saturated heterocycles. The van der Waals surface area contributed by atoms with E-state index in [2.05, 4.69) is 3.63 Å². The molecule has 3 rings (SSSR count). The Bertz CT molecular complexity index is 1820. The number of rotatable bonds is 14. The van der Waals surface area contributed by atoms with Crippen LogP contribution in [0.1, 0.15) is 6.92 Å². The predicted octanol–water partition coefficient (Wildman–Crippen LogP) is 10.9. The summed E-state index contributed by atoms with van der Waals surface area (Å²) in [5, 5.41) is -8.03. The molecule has 4 nitrogen and oxygen atoms in total. The third kappa shape index (κ3) is 6.62. The van der Waals surface area contributed by atoms with Crippen molar-refractivity contribution in [1.82, 2.24) is 0 Å². The quantitative estimate of drug-likeness (QED) is 0.152. The molecule has 0 atom stereocenters. The van der Waals surface area contributed by atoms with Gasteiger partial charge in [-0.3, -0.25) is 0 Å². The van der Waals surface area contributed by atoms with Crippen LogP contribution in [0, 0.1) is 11.6 Å². The first-order valence-electron chi connectivity index (χ1n) is 13.5. The molecule has 0 saturated carbocycles. The van der Waals surface area contributed by atoms with E-state index in [9.17, 15) is 83.1 Å². The number of hydrogen-bond donors (Lipinski definition) is 0. The molecule has 3 aromatic rings. The van der Waals surface area contributed by atoms with Crippen molar-refractivity contribution in [1.29, 1.82) is 0 Å². The molecule has 0 heterocycles. The van der Waals surface area contributed by atoms with Crippen LogP contribution in [0.3, 0.4) is 0 Å². The average Bonchev–Trinajstić information content (AvgIpc) is 3.04. The molecule has 0 bridgehead atoms. The second-order valence-electron chi connectivity index (χ2n) is 10.4. The highest BCUT2D eigenvalue weighted by Gasteiger charge is 2.96. The van der Waals surface area contributed by atoms with E-state index in [1.165, 1.54) is 6.92 Å². The number of ether oxygens (including phenoxy) is 1. The van der Waals surface area contributed by atoms with Crippen molar-refractivity contribution in [2.24, 2.45) is 0 Å². The van der Waals surface area contributed by atoms with Gasteiger partial charge in [-0.2, -0.15) is 83.1 Å². The summed E-state index contributed by atoms with van der Waals surface area (Å²) in [6.45, 7) is 1.38. The van der Waals surface area contributed by atoms with Gasteiger partial charge < -0.3 is 4.74 Å². The smallest absolute Gasteiger partial charge is 0.460 e. The molecule has 0 aromatic heterocycles. The van der Waals surface area contributed by atoms with E-state index in [1.807, 2.05) is 0 Å². The number of hydrogen-bond acceptors (Lipinski definition) is 4. The molecule has 0 aliphatic rings. The standard InChI is InChI=1S/C28H17F19O4S2/c1-2-50-17-7-13-20(14-8-17)52(18-9-3-15(29)4-10-18,19-11-5-16(30)6-12-19)51-53(48,49)28(46,47)26(41,42)24(37,38)22(33,34)21(31,32)23(35,36)25(39,40)27(43,44)45/h3-14H,2H2,1H3. The summed E-state index contributed by atoms with van der Waals surface area (Å²) in [6, 6.07) is 7.19. The summed E-state index contributed by atoms with van der Waals surface area (Å²) in [6.07, 6.45) is -7.98. The maximum Gasteiger partial charge on any atom is 0.460 e. The van der Waals surface area contributed by atoms with Crippen molar-refractivity contribution in [3.63, 3.8) is 0 Å². The Morgan fingerprint density at radius 1 is 0.472 bits per heavy atom. The fraction of sp³-hybridized carbons (Fsp3) is 0.357. The fourth-order valence-corrected chi connectivity index (χ4v) is 9.33. The van der Waals surface area contributed by atoms with Crippen LogP contribution in [0.15, 0.2) is 87.5 Å². The third-order valence-corrected chi connectivity index (χ3v) is 12.2. The third-order valence-electron chi connectivity index (χ3n) is 6.96. The Morgan fingerprint density at radius 3 is 1.09 bits per heavy atom.